The summed E-state index contributed by atoms with van der Waals surface area (Å²) in [4.78, 5) is 13.3. The Balaban J connectivity index is 1.78. The number of rotatable bonds is 6. The van der Waals surface area contributed by atoms with Crippen molar-refractivity contribution in [3.05, 3.63) is 75.7 Å². The molecule has 130 valence electrons. The Morgan fingerprint density at radius 1 is 1.20 bits per heavy atom. The van der Waals surface area contributed by atoms with Gasteiger partial charge in [-0.25, -0.2) is 0 Å². The maximum absolute atomic E-state index is 13.8. The van der Waals surface area contributed by atoms with Gasteiger partial charge in [0, 0.05) is 34.1 Å². The zero-order valence-corrected chi connectivity index (χ0v) is 14.1. The van der Waals surface area contributed by atoms with Crippen LogP contribution in [0.1, 0.15) is 25.1 Å². The number of nitro groups is 1. The number of benzene rings is 2. The largest absolute Gasteiger partial charge is 0.376 e. The van der Waals surface area contributed by atoms with Crippen molar-refractivity contribution in [3.8, 4) is 0 Å². The molecule has 0 saturated carbocycles. The van der Waals surface area contributed by atoms with Crippen LogP contribution >= 0.6 is 0 Å². The van der Waals surface area contributed by atoms with E-state index in [1.165, 1.54) is 6.07 Å². The van der Waals surface area contributed by atoms with E-state index in [-0.39, 0.29) is 5.41 Å². The molecule has 0 aliphatic heterocycles. The van der Waals surface area contributed by atoms with Crippen molar-refractivity contribution in [2.75, 3.05) is 6.61 Å². The molecule has 0 spiro atoms. The van der Waals surface area contributed by atoms with E-state index in [1.807, 2.05) is 50.2 Å². The second kappa shape index (κ2) is 6.64. The standard InChI is InChI=1S/C19H19FN2O3/c1-19(2,12-25-11-13-6-4-3-5-7-13)18-9-14-8-17(22(23)24)15(20)10-16(14)21-18/h3-10,21H,11-12H2,1-2H3. The van der Waals surface area contributed by atoms with Gasteiger partial charge in [0.2, 0.25) is 5.82 Å². The molecular weight excluding hydrogens is 323 g/mol. The van der Waals surface area contributed by atoms with Crippen LogP contribution in [-0.2, 0) is 16.8 Å². The van der Waals surface area contributed by atoms with Crippen molar-refractivity contribution in [1.82, 2.24) is 4.98 Å². The summed E-state index contributed by atoms with van der Waals surface area (Å²) in [5, 5.41) is 11.5. The molecule has 1 N–H and O–H groups in total. The number of ether oxygens (including phenoxy) is 1. The third-order valence-corrected chi connectivity index (χ3v) is 4.19. The maximum atomic E-state index is 13.8. The molecule has 0 aliphatic carbocycles. The first-order chi connectivity index (χ1) is 11.9. The van der Waals surface area contributed by atoms with E-state index < -0.39 is 16.4 Å². The summed E-state index contributed by atoms with van der Waals surface area (Å²) in [6, 6.07) is 14.1. The van der Waals surface area contributed by atoms with Gasteiger partial charge in [0.05, 0.1) is 18.1 Å². The lowest BCUT2D eigenvalue weighted by Crippen LogP contribution is -2.24. The molecule has 0 bridgehead atoms. The first-order valence-corrected chi connectivity index (χ1v) is 7.95. The van der Waals surface area contributed by atoms with E-state index >= 15 is 0 Å². The molecule has 0 radical (unpaired) electrons. The van der Waals surface area contributed by atoms with Gasteiger partial charge < -0.3 is 9.72 Å². The summed E-state index contributed by atoms with van der Waals surface area (Å²) in [5.74, 6) is -0.843. The van der Waals surface area contributed by atoms with E-state index in [1.54, 1.807) is 0 Å². The summed E-state index contributed by atoms with van der Waals surface area (Å²) in [7, 11) is 0. The third kappa shape index (κ3) is 3.69. The normalized spacial score (nSPS) is 11.8. The molecule has 5 nitrogen and oxygen atoms in total. The topological polar surface area (TPSA) is 68.2 Å². The number of hydrogen-bond donors (Lipinski definition) is 1. The predicted octanol–water partition coefficient (Wildman–Crippen LogP) is 4.71. The monoisotopic (exact) mass is 342 g/mol. The highest BCUT2D eigenvalue weighted by Gasteiger charge is 2.25. The highest BCUT2D eigenvalue weighted by Crippen LogP contribution is 2.30. The van der Waals surface area contributed by atoms with Crippen LogP contribution in [0.2, 0.25) is 0 Å². The van der Waals surface area contributed by atoms with Crippen LogP contribution < -0.4 is 0 Å². The number of nitrogens with zero attached hydrogens (tertiary/aromatic N) is 1. The SMILES string of the molecule is CC(C)(COCc1ccccc1)c1cc2cc([N+](=O)[O-])c(F)cc2[nH]1. The average Bonchev–Trinajstić information content (AvgIpc) is 2.98. The fourth-order valence-electron chi connectivity index (χ4n) is 2.72. The van der Waals surface area contributed by atoms with E-state index in [0.29, 0.717) is 24.1 Å². The van der Waals surface area contributed by atoms with Gasteiger partial charge in [-0.1, -0.05) is 44.2 Å². The quantitative estimate of drug-likeness (QED) is 0.521. The van der Waals surface area contributed by atoms with Gasteiger partial charge in [-0.05, 0) is 11.6 Å². The van der Waals surface area contributed by atoms with Gasteiger partial charge in [0.25, 0.3) is 0 Å². The average molecular weight is 342 g/mol. The minimum absolute atomic E-state index is 0.348. The second-order valence-corrected chi connectivity index (χ2v) is 6.69. The molecule has 2 aromatic carbocycles. The molecule has 0 fully saturated rings. The number of halogens is 1. The van der Waals surface area contributed by atoms with Crippen molar-refractivity contribution in [1.29, 1.82) is 0 Å². The smallest absolute Gasteiger partial charge is 0.305 e. The van der Waals surface area contributed by atoms with Gasteiger partial charge in [0.15, 0.2) is 0 Å². The summed E-state index contributed by atoms with van der Waals surface area (Å²) < 4.78 is 19.6. The first kappa shape index (κ1) is 17.1. The van der Waals surface area contributed by atoms with Gasteiger partial charge in [0.1, 0.15) is 0 Å². The van der Waals surface area contributed by atoms with Crippen LogP contribution in [0.5, 0.6) is 0 Å². The van der Waals surface area contributed by atoms with Gasteiger partial charge in [-0.15, -0.1) is 0 Å². The van der Waals surface area contributed by atoms with Crippen LogP contribution in [0.3, 0.4) is 0 Å². The summed E-state index contributed by atoms with van der Waals surface area (Å²) in [6.45, 7) is 4.98. The number of nitrogens with one attached hydrogen (secondary N) is 1. The molecule has 25 heavy (non-hydrogen) atoms. The Morgan fingerprint density at radius 3 is 2.60 bits per heavy atom. The Kier molecular flexibility index (Phi) is 4.55. The Morgan fingerprint density at radius 2 is 1.92 bits per heavy atom. The van der Waals surface area contributed by atoms with Gasteiger partial charge in [-0.3, -0.25) is 10.1 Å². The van der Waals surface area contributed by atoms with Crippen LogP contribution in [0.25, 0.3) is 10.9 Å². The Labute approximate surface area is 144 Å². The summed E-state index contributed by atoms with van der Waals surface area (Å²) in [6.07, 6.45) is 0. The number of hydrogen-bond acceptors (Lipinski definition) is 3. The fourth-order valence-corrected chi connectivity index (χ4v) is 2.72. The van der Waals surface area contributed by atoms with Crippen molar-refractivity contribution < 1.29 is 14.1 Å². The molecule has 3 rings (SSSR count). The fraction of sp³-hybridized carbons (Fsp3) is 0.263. The Hall–Kier alpha value is -2.73. The van der Waals surface area contributed by atoms with Crippen LogP contribution in [0.4, 0.5) is 10.1 Å². The van der Waals surface area contributed by atoms with Crippen molar-refractivity contribution in [2.45, 2.75) is 25.9 Å². The summed E-state index contributed by atoms with van der Waals surface area (Å²) in [5.41, 5.74) is 1.60. The molecule has 1 heterocycles. The molecule has 0 atom stereocenters. The van der Waals surface area contributed by atoms with Crippen molar-refractivity contribution in [2.24, 2.45) is 0 Å². The number of aromatic nitrogens is 1. The highest BCUT2D eigenvalue weighted by molar-refractivity contribution is 5.83. The van der Waals surface area contributed by atoms with E-state index in [2.05, 4.69) is 4.98 Å². The lowest BCUT2D eigenvalue weighted by Gasteiger charge is -2.23. The van der Waals surface area contributed by atoms with Crippen LogP contribution in [0, 0.1) is 15.9 Å². The molecule has 1 aromatic heterocycles. The number of H-pyrrole nitrogens is 1. The number of fused-ring (bicyclic) bond motifs is 1. The predicted molar refractivity (Wildman–Crippen MR) is 94.0 cm³/mol. The van der Waals surface area contributed by atoms with E-state index in [9.17, 15) is 14.5 Å². The van der Waals surface area contributed by atoms with E-state index in [0.717, 1.165) is 17.3 Å². The van der Waals surface area contributed by atoms with Crippen molar-refractivity contribution >= 4 is 16.6 Å². The zero-order chi connectivity index (χ0) is 18.0. The molecule has 3 aromatic rings. The van der Waals surface area contributed by atoms with Crippen molar-refractivity contribution in [3.63, 3.8) is 0 Å². The Bertz CT molecular complexity index is 904. The summed E-state index contributed by atoms with van der Waals surface area (Å²) >= 11 is 0. The molecule has 0 aliphatic rings. The van der Waals surface area contributed by atoms with E-state index in [4.69, 9.17) is 4.74 Å². The molecule has 0 amide bonds. The number of nitro benzene ring substituents is 1. The lowest BCUT2D eigenvalue weighted by atomic mass is 9.90. The van der Waals surface area contributed by atoms with Crippen LogP contribution in [0.15, 0.2) is 48.5 Å². The lowest BCUT2D eigenvalue weighted by molar-refractivity contribution is -0.387. The second-order valence-electron chi connectivity index (χ2n) is 6.69. The first-order valence-electron chi connectivity index (χ1n) is 7.95. The maximum Gasteiger partial charge on any atom is 0.305 e. The molecule has 6 heteroatoms. The number of aromatic amines is 1. The minimum Gasteiger partial charge on any atom is -0.376 e. The zero-order valence-electron chi connectivity index (χ0n) is 14.1. The highest BCUT2D eigenvalue weighted by atomic mass is 19.1. The van der Waals surface area contributed by atoms with Gasteiger partial charge in [-0.2, -0.15) is 4.39 Å². The third-order valence-electron chi connectivity index (χ3n) is 4.19. The molecular formula is C19H19FN2O3. The minimum atomic E-state index is -0.843. The molecule has 0 saturated heterocycles. The van der Waals surface area contributed by atoms with Gasteiger partial charge >= 0.3 is 5.69 Å². The van der Waals surface area contributed by atoms with Crippen LogP contribution in [-0.4, -0.2) is 16.5 Å². The molecule has 0 unspecified atom stereocenters.